The number of aryl methyl sites for hydroxylation is 1. The van der Waals surface area contributed by atoms with Gasteiger partial charge in [-0.2, -0.15) is 0 Å². The van der Waals surface area contributed by atoms with Crippen molar-refractivity contribution in [1.29, 1.82) is 0 Å². The predicted octanol–water partition coefficient (Wildman–Crippen LogP) is 3.73. The van der Waals surface area contributed by atoms with E-state index in [1.807, 2.05) is 38.1 Å². The fourth-order valence-corrected chi connectivity index (χ4v) is 2.51. The number of nitro benzene ring substituents is 1. The first-order chi connectivity index (χ1) is 13.4. The second kappa shape index (κ2) is 10.0. The zero-order valence-corrected chi connectivity index (χ0v) is 15.8. The highest BCUT2D eigenvalue weighted by atomic mass is 16.6. The average molecular weight is 382 g/mol. The molecule has 0 fully saturated rings. The molecule has 7 heteroatoms. The van der Waals surface area contributed by atoms with Crippen molar-refractivity contribution in [2.75, 3.05) is 6.61 Å². The number of amides is 1. The van der Waals surface area contributed by atoms with Crippen LogP contribution >= 0.6 is 0 Å². The van der Waals surface area contributed by atoms with Crippen molar-refractivity contribution < 1.29 is 19.2 Å². The minimum atomic E-state index is -0.670. The standard InChI is InChI=1S/C21H22N2O5/c1-3-19(17-9-4-15(2)5-10-17)22-20(24)14-28-21(25)13-8-16-6-11-18(12-7-16)23(26)27/h4-13,19H,3,14H2,1-2H3,(H,22,24)/b13-8+/t19-/m1/s1. The lowest BCUT2D eigenvalue weighted by atomic mass is 10.0. The van der Waals surface area contributed by atoms with Crippen LogP contribution < -0.4 is 5.32 Å². The van der Waals surface area contributed by atoms with Crippen LogP contribution in [0.4, 0.5) is 5.69 Å². The van der Waals surface area contributed by atoms with Crippen LogP contribution in [-0.2, 0) is 14.3 Å². The molecule has 1 N–H and O–H groups in total. The van der Waals surface area contributed by atoms with Gasteiger partial charge in [-0.1, -0.05) is 36.8 Å². The molecule has 7 nitrogen and oxygen atoms in total. The number of hydrogen-bond donors (Lipinski definition) is 1. The Morgan fingerprint density at radius 1 is 1.14 bits per heavy atom. The van der Waals surface area contributed by atoms with Crippen LogP contribution in [0.5, 0.6) is 0 Å². The number of carbonyl (C=O) groups excluding carboxylic acids is 2. The van der Waals surface area contributed by atoms with Gasteiger partial charge in [-0.05, 0) is 42.7 Å². The van der Waals surface area contributed by atoms with Crippen LogP contribution in [0.25, 0.3) is 6.08 Å². The van der Waals surface area contributed by atoms with Crippen molar-refractivity contribution in [2.45, 2.75) is 26.3 Å². The summed E-state index contributed by atoms with van der Waals surface area (Å²) in [4.78, 5) is 33.9. The monoisotopic (exact) mass is 382 g/mol. The molecule has 0 radical (unpaired) electrons. The molecule has 0 saturated heterocycles. The average Bonchev–Trinajstić information content (AvgIpc) is 2.70. The molecule has 1 amide bonds. The fourth-order valence-electron chi connectivity index (χ4n) is 2.51. The van der Waals surface area contributed by atoms with E-state index < -0.39 is 10.9 Å². The SMILES string of the molecule is CC[C@@H](NC(=O)COC(=O)/C=C/c1ccc([N+](=O)[O-])cc1)c1ccc(C)cc1. The Labute approximate surface area is 163 Å². The highest BCUT2D eigenvalue weighted by molar-refractivity contribution is 5.89. The van der Waals surface area contributed by atoms with Gasteiger partial charge in [0.1, 0.15) is 0 Å². The number of benzene rings is 2. The lowest BCUT2D eigenvalue weighted by Crippen LogP contribution is -2.32. The summed E-state index contributed by atoms with van der Waals surface area (Å²) in [5.41, 5.74) is 2.71. The van der Waals surface area contributed by atoms with Crippen molar-refractivity contribution in [3.63, 3.8) is 0 Å². The molecule has 0 saturated carbocycles. The molecular weight excluding hydrogens is 360 g/mol. The van der Waals surface area contributed by atoms with E-state index in [4.69, 9.17) is 4.74 Å². The number of nitrogens with one attached hydrogen (secondary N) is 1. The lowest BCUT2D eigenvalue weighted by molar-refractivity contribution is -0.384. The maximum Gasteiger partial charge on any atom is 0.331 e. The first-order valence-electron chi connectivity index (χ1n) is 8.84. The molecule has 2 aromatic rings. The second-order valence-electron chi connectivity index (χ2n) is 6.23. The zero-order valence-electron chi connectivity index (χ0n) is 15.8. The summed E-state index contributed by atoms with van der Waals surface area (Å²) in [5.74, 6) is -1.05. The largest absolute Gasteiger partial charge is 0.452 e. The van der Waals surface area contributed by atoms with Gasteiger partial charge >= 0.3 is 5.97 Å². The van der Waals surface area contributed by atoms with E-state index in [2.05, 4.69) is 5.32 Å². The summed E-state index contributed by atoms with van der Waals surface area (Å²) in [6.07, 6.45) is 3.35. The first kappa shape index (κ1) is 20.8. The molecule has 2 rings (SSSR count). The Morgan fingerprint density at radius 2 is 1.79 bits per heavy atom. The van der Waals surface area contributed by atoms with Crippen LogP contribution in [0.1, 0.15) is 36.1 Å². The number of rotatable bonds is 8. The van der Waals surface area contributed by atoms with E-state index in [1.165, 1.54) is 36.4 Å². The van der Waals surface area contributed by atoms with E-state index >= 15 is 0 Å². The number of nitro groups is 1. The first-order valence-corrected chi connectivity index (χ1v) is 8.84. The second-order valence-corrected chi connectivity index (χ2v) is 6.23. The highest BCUT2D eigenvalue weighted by Crippen LogP contribution is 2.17. The molecular formula is C21H22N2O5. The van der Waals surface area contributed by atoms with Gasteiger partial charge in [-0.3, -0.25) is 14.9 Å². The molecule has 0 aliphatic heterocycles. The number of hydrogen-bond acceptors (Lipinski definition) is 5. The molecule has 2 aromatic carbocycles. The number of ether oxygens (including phenoxy) is 1. The van der Waals surface area contributed by atoms with Crippen molar-refractivity contribution in [3.8, 4) is 0 Å². The van der Waals surface area contributed by atoms with Crippen LogP contribution in [0.2, 0.25) is 0 Å². The molecule has 0 aliphatic carbocycles. The Balaban J connectivity index is 1.83. The summed E-state index contributed by atoms with van der Waals surface area (Å²) in [6.45, 7) is 3.57. The number of nitrogens with zero attached hydrogens (tertiary/aromatic N) is 1. The van der Waals surface area contributed by atoms with Gasteiger partial charge in [-0.25, -0.2) is 4.79 Å². The minimum Gasteiger partial charge on any atom is -0.452 e. The number of carbonyl (C=O) groups is 2. The summed E-state index contributed by atoms with van der Waals surface area (Å²) in [7, 11) is 0. The van der Waals surface area contributed by atoms with Crippen molar-refractivity contribution in [3.05, 3.63) is 81.4 Å². The molecule has 0 heterocycles. The molecule has 0 aliphatic rings. The Morgan fingerprint density at radius 3 is 2.36 bits per heavy atom. The van der Waals surface area contributed by atoms with Crippen LogP contribution in [0.3, 0.4) is 0 Å². The molecule has 1 atom stereocenters. The molecule has 0 unspecified atom stereocenters. The van der Waals surface area contributed by atoms with Gasteiger partial charge in [-0.15, -0.1) is 0 Å². The van der Waals surface area contributed by atoms with Crippen molar-refractivity contribution in [1.82, 2.24) is 5.32 Å². The third kappa shape index (κ3) is 6.35. The Bertz CT molecular complexity index is 857. The Hall–Kier alpha value is -3.48. The quantitative estimate of drug-likeness (QED) is 0.325. The maximum absolute atomic E-state index is 12.1. The third-order valence-corrected chi connectivity index (χ3v) is 4.08. The van der Waals surface area contributed by atoms with E-state index in [9.17, 15) is 19.7 Å². The van der Waals surface area contributed by atoms with E-state index in [0.29, 0.717) is 12.0 Å². The summed E-state index contributed by atoms with van der Waals surface area (Å²) in [5, 5.41) is 13.5. The summed E-state index contributed by atoms with van der Waals surface area (Å²) < 4.78 is 4.94. The zero-order chi connectivity index (χ0) is 20.5. The highest BCUT2D eigenvalue weighted by Gasteiger charge is 2.13. The van der Waals surface area contributed by atoms with E-state index in [-0.39, 0.29) is 24.2 Å². The van der Waals surface area contributed by atoms with Gasteiger partial charge in [0.15, 0.2) is 6.61 Å². The Kier molecular flexibility index (Phi) is 7.45. The van der Waals surface area contributed by atoms with Crippen LogP contribution in [0, 0.1) is 17.0 Å². The normalized spacial score (nSPS) is 11.8. The van der Waals surface area contributed by atoms with E-state index in [0.717, 1.165) is 11.1 Å². The van der Waals surface area contributed by atoms with Crippen LogP contribution in [-0.4, -0.2) is 23.4 Å². The van der Waals surface area contributed by atoms with Gasteiger partial charge in [0.25, 0.3) is 11.6 Å². The number of esters is 1. The smallest absolute Gasteiger partial charge is 0.331 e. The maximum atomic E-state index is 12.1. The predicted molar refractivity (Wildman–Crippen MR) is 105 cm³/mol. The molecule has 0 bridgehead atoms. The third-order valence-electron chi connectivity index (χ3n) is 4.08. The minimum absolute atomic E-state index is 0.0320. The fraction of sp³-hybridized carbons (Fsp3) is 0.238. The lowest BCUT2D eigenvalue weighted by Gasteiger charge is -2.17. The van der Waals surface area contributed by atoms with Gasteiger partial charge in [0.05, 0.1) is 11.0 Å². The van der Waals surface area contributed by atoms with Crippen molar-refractivity contribution in [2.24, 2.45) is 0 Å². The molecule has 0 aromatic heterocycles. The van der Waals surface area contributed by atoms with Crippen molar-refractivity contribution >= 4 is 23.6 Å². The molecule has 146 valence electrons. The van der Waals surface area contributed by atoms with Gasteiger partial charge in [0, 0.05) is 18.2 Å². The van der Waals surface area contributed by atoms with Gasteiger partial charge in [0.2, 0.25) is 0 Å². The molecule has 28 heavy (non-hydrogen) atoms. The summed E-state index contributed by atoms with van der Waals surface area (Å²) in [6, 6.07) is 13.4. The number of non-ortho nitro benzene ring substituents is 1. The van der Waals surface area contributed by atoms with Crippen LogP contribution in [0.15, 0.2) is 54.6 Å². The van der Waals surface area contributed by atoms with E-state index in [1.54, 1.807) is 0 Å². The summed E-state index contributed by atoms with van der Waals surface area (Å²) >= 11 is 0. The molecule has 0 spiro atoms. The topological polar surface area (TPSA) is 98.5 Å². The van der Waals surface area contributed by atoms with Gasteiger partial charge < -0.3 is 10.1 Å².